The molecule has 3 rings (SSSR count). The van der Waals surface area contributed by atoms with Crippen LogP contribution in [0.5, 0.6) is 11.5 Å². The lowest BCUT2D eigenvalue weighted by Crippen LogP contribution is -2.18. The zero-order chi connectivity index (χ0) is 22.0. The highest BCUT2D eigenvalue weighted by molar-refractivity contribution is 7.15. The number of aromatic carboxylic acids is 1. The Morgan fingerprint density at radius 1 is 1.03 bits per heavy atom. The predicted molar refractivity (Wildman–Crippen MR) is 104 cm³/mol. The van der Waals surface area contributed by atoms with E-state index in [0.717, 1.165) is 18.4 Å². The van der Waals surface area contributed by atoms with E-state index >= 15 is 0 Å². The Morgan fingerprint density at radius 3 is 2.40 bits per heavy atom. The number of carbonyl (C=O) groups excluding carboxylic acids is 1. The number of hydrogen-bond acceptors (Lipinski definition) is 5. The largest absolute Gasteiger partial charge is 0.497 e. The average molecular weight is 437 g/mol. The number of thiophene rings is 1. The second-order valence-electron chi connectivity index (χ2n) is 5.91. The number of anilines is 1. The van der Waals surface area contributed by atoms with E-state index in [1.165, 1.54) is 12.5 Å². The predicted octanol–water partition coefficient (Wildman–Crippen LogP) is 4.80. The van der Waals surface area contributed by atoms with E-state index in [0.29, 0.717) is 17.4 Å². The van der Waals surface area contributed by atoms with E-state index in [-0.39, 0.29) is 16.1 Å². The molecule has 0 bridgehead atoms. The minimum absolute atomic E-state index is 0.166. The zero-order valence-corrected chi connectivity index (χ0v) is 16.4. The van der Waals surface area contributed by atoms with Crippen molar-refractivity contribution in [3.63, 3.8) is 0 Å². The van der Waals surface area contributed by atoms with Crippen molar-refractivity contribution in [1.82, 2.24) is 0 Å². The van der Waals surface area contributed by atoms with Crippen LogP contribution in [0.25, 0.3) is 11.1 Å². The van der Waals surface area contributed by atoms with Gasteiger partial charge in [-0.2, -0.15) is 4.39 Å². The number of carboxylic acid groups (broad SMARTS) is 1. The van der Waals surface area contributed by atoms with E-state index < -0.39 is 40.6 Å². The van der Waals surface area contributed by atoms with Crippen molar-refractivity contribution < 1.29 is 37.3 Å². The van der Waals surface area contributed by atoms with Gasteiger partial charge in [0.1, 0.15) is 27.7 Å². The molecule has 6 nitrogen and oxygen atoms in total. The average Bonchev–Trinajstić information content (AvgIpc) is 3.14. The number of methoxy groups -OCH3 is 2. The summed E-state index contributed by atoms with van der Waals surface area (Å²) in [6.45, 7) is 0. The number of carbonyl (C=O) groups is 2. The molecule has 0 atom stereocenters. The monoisotopic (exact) mass is 437 g/mol. The third kappa shape index (κ3) is 3.81. The maximum absolute atomic E-state index is 14.2. The molecule has 0 radical (unpaired) electrons. The second kappa shape index (κ2) is 8.46. The van der Waals surface area contributed by atoms with Gasteiger partial charge in [-0.25, -0.2) is 13.6 Å². The van der Waals surface area contributed by atoms with E-state index in [1.807, 2.05) is 0 Å². The van der Waals surface area contributed by atoms with Gasteiger partial charge in [0, 0.05) is 17.0 Å². The smallest absolute Gasteiger partial charge is 0.339 e. The Balaban J connectivity index is 2.02. The van der Waals surface area contributed by atoms with E-state index in [1.54, 1.807) is 24.3 Å². The third-order valence-electron chi connectivity index (χ3n) is 4.18. The molecule has 0 spiro atoms. The second-order valence-corrected chi connectivity index (χ2v) is 6.79. The van der Waals surface area contributed by atoms with Gasteiger partial charge in [-0.1, -0.05) is 12.1 Å². The number of rotatable bonds is 6. The van der Waals surface area contributed by atoms with Crippen molar-refractivity contribution >= 4 is 28.2 Å². The Kier molecular flexibility index (Phi) is 5.97. The molecular weight excluding hydrogens is 423 g/mol. The number of amides is 1. The molecule has 1 heterocycles. The van der Waals surface area contributed by atoms with Crippen molar-refractivity contribution in [2.24, 2.45) is 0 Å². The molecule has 3 aromatic rings. The summed E-state index contributed by atoms with van der Waals surface area (Å²) >= 11 is 0.842. The summed E-state index contributed by atoms with van der Waals surface area (Å²) in [5, 5.41) is 13.1. The van der Waals surface area contributed by atoms with Crippen LogP contribution in [0.1, 0.15) is 20.7 Å². The number of ether oxygens (including phenoxy) is 2. The molecule has 1 aromatic heterocycles. The van der Waals surface area contributed by atoms with Crippen molar-refractivity contribution in [3.8, 4) is 22.6 Å². The highest BCUT2D eigenvalue weighted by Gasteiger charge is 2.27. The summed E-state index contributed by atoms with van der Waals surface area (Å²) in [6, 6.07) is 7.09. The molecule has 0 aliphatic rings. The van der Waals surface area contributed by atoms with Crippen molar-refractivity contribution in [2.75, 3.05) is 19.5 Å². The fourth-order valence-electron chi connectivity index (χ4n) is 2.76. The maximum atomic E-state index is 14.2. The molecule has 2 N–H and O–H groups in total. The fraction of sp³-hybridized carbons (Fsp3) is 0.100. The van der Waals surface area contributed by atoms with E-state index in [2.05, 4.69) is 10.1 Å². The lowest BCUT2D eigenvalue weighted by atomic mass is 10.0. The van der Waals surface area contributed by atoms with Crippen LogP contribution in [0.4, 0.5) is 18.2 Å². The van der Waals surface area contributed by atoms with Crippen molar-refractivity contribution in [2.45, 2.75) is 0 Å². The zero-order valence-electron chi connectivity index (χ0n) is 15.6. The standard InChI is InChI=1S/C20H14F3NO5S/c1-28-10-5-3-4-9(6-10)11-8-30-19(14(11)20(26)27)24-18(25)15-12(21)7-13(29-2)16(22)17(15)23/h3-8H,1-2H3,(H,24,25)(H,26,27). The molecule has 0 saturated carbocycles. The fourth-order valence-corrected chi connectivity index (χ4v) is 3.72. The quantitative estimate of drug-likeness (QED) is 0.541. The van der Waals surface area contributed by atoms with Gasteiger partial charge in [0.25, 0.3) is 5.91 Å². The number of hydrogen-bond donors (Lipinski definition) is 2. The van der Waals surface area contributed by atoms with Crippen LogP contribution in [-0.2, 0) is 0 Å². The number of halogens is 3. The molecule has 0 aliphatic heterocycles. The number of nitrogens with one attached hydrogen (secondary N) is 1. The van der Waals surface area contributed by atoms with Gasteiger partial charge in [0.05, 0.1) is 14.2 Å². The molecule has 30 heavy (non-hydrogen) atoms. The molecule has 2 aromatic carbocycles. The van der Waals surface area contributed by atoms with Gasteiger partial charge < -0.3 is 19.9 Å². The summed E-state index contributed by atoms with van der Waals surface area (Å²) in [6.07, 6.45) is 0. The summed E-state index contributed by atoms with van der Waals surface area (Å²) in [7, 11) is 2.47. The van der Waals surface area contributed by atoms with Crippen LogP contribution >= 0.6 is 11.3 Å². The Labute approximate surface area is 172 Å². The van der Waals surface area contributed by atoms with E-state index in [4.69, 9.17) is 4.74 Å². The minimum atomic E-state index is -1.74. The van der Waals surface area contributed by atoms with Crippen molar-refractivity contribution in [1.29, 1.82) is 0 Å². The highest BCUT2D eigenvalue weighted by Crippen LogP contribution is 2.37. The van der Waals surface area contributed by atoms with Crippen LogP contribution in [-0.4, -0.2) is 31.2 Å². The molecule has 156 valence electrons. The molecule has 1 amide bonds. The van der Waals surface area contributed by atoms with Crippen LogP contribution in [0, 0.1) is 17.5 Å². The first-order valence-electron chi connectivity index (χ1n) is 8.30. The maximum Gasteiger partial charge on any atom is 0.339 e. The van der Waals surface area contributed by atoms with Crippen molar-refractivity contribution in [3.05, 3.63) is 64.3 Å². The van der Waals surface area contributed by atoms with Gasteiger partial charge in [-0.15, -0.1) is 11.3 Å². The Morgan fingerprint density at radius 2 is 1.77 bits per heavy atom. The first-order valence-corrected chi connectivity index (χ1v) is 9.18. The topological polar surface area (TPSA) is 84.9 Å². The highest BCUT2D eigenvalue weighted by atomic mass is 32.1. The molecule has 0 aliphatic carbocycles. The molecule has 0 saturated heterocycles. The molecule has 10 heteroatoms. The van der Waals surface area contributed by atoms with Gasteiger partial charge in [-0.3, -0.25) is 4.79 Å². The summed E-state index contributed by atoms with van der Waals surface area (Å²) in [4.78, 5) is 24.2. The van der Waals surface area contributed by atoms with Crippen LogP contribution in [0.2, 0.25) is 0 Å². The Hall–Kier alpha value is -3.53. The molecule has 0 fully saturated rings. The third-order valence-corrected chi connectivity index (χ3v) is 5.08. The summed E-state index contributed by atoms with van der Waals surface area (Å²) in [5.74, 6) is -7.57. The summed E-state index contributed by atoms with van der Waals surface area (Å²) < 4.78 is 51.9. The molecular formula is C20H14F3NO5S. The van der Waals surface area contributed by atoms with Gasteiger partial charge in [0.15, 0.2) is 11.6 Å². The van der Waals surface area contributed by atoms with E-state index in [9.17, 15) is 27.9 Å². The van der Waals surface area contributed by atoms with Crippen LogP contribution in [0.3, 0.4) is 0 Å². The number of benzene rings is 2. The van der Waals surface area contributed by atoms with Crippen LogP contribution < -0.4 is 14.8 Å². The lowest BCUT2D eigenvalue weighted by molar-refractivity contribution is 0.0699. The molecule has 0 unspecified atom stereocenters. The first kappa shape index (κ1) is 21.2. The normalized spacial score (nSPS) is 10.6. The van der Waals surface area contributed by atoms with Gasteiger partial charge >= 0.3 is 5.97 Å². The van der Waals surface area contributed by atoms with Gasteiger partial charge in [-0.05, 0) is 17.7 Å². The minimum Gasteiger partial charge on any atom is -0.497 e. The van der Waals surface area contributed by atoms with Crippen LogP contribution in [0.15, 0.2) is 35.7 Å². The Bertz CT molecular complexity index is 1150. The van der Waals surface area contributed by atoms with Gasteiger partial charge in [0.2, 0.25) is 5.82 Å². The lowest BCUT2D eigenvalue weighted by Gasteiger charge is -2.10. The SMILES string of the molecule is COc1cccc(-c2csc(NC(=O)c3c(F)cc(OC)c(F)c3F)c2C(=O)O)c1. The number of carboxylic acids is 1. The first-order chi connectivity index (χ1) is 14.3. The summed E-state index contributed by atoms with van der Waals surface area (Å²) in [5.41, 5.74) is -0.711.